The SMILES string of the molecule is CC(=O)C(Cc1ccccc1)NC(=O)CSc1nc2ccccc2c2nc3ccccc3n12. The molecule has 0 saturated carbocycles. The van der Waals surface area contributed by atoms with E-state index in [1.54, 1.807) is 0 Å². The number of aromatic nitrogens is 3. The third-order valence-electron chi connectivity index (χ3n) is 5.55. The van der Waals surface area contributed by atoms with Crippen molar-refractivity contribution in [2.75, 3.05) is 5.75 Å². The molecular weight excluding hydrogens is 432 g/mol. The number of para-hydroxylation sites is 3. The minimum atomic E-state index is -0.556. The first kappa shape index (κ1) is 21.2. The maximum Gasteiger partial charge on any atom is 0.231 e. The zero-order valence-electron chi connectivity index (χ0n) is 18.1. The number of benzene rings is 3. The van der Waals surface area contributed by atoms with Gasteiger partial charge in [0.15, 0.2) is 10.9 Å². The molecule has 0 saturated heterocycles. The van der Waals surface area contributed by atoms with Gasteiger partial charge in [0.05, 0.1) is 28.3 Å². The molecule has 0 aliphatic heterocycles. The Morgan fingerprint density at radius 3 is 2.39 bits per heavy atom. The van der Waals surface area contributed by atoms with E-state index < -0.39 is 6.04 Å². The van der Waals surface area contributed by atoms with E-state index in [1.807, 2.05) is 83.3 Å². The summed E-state index contributed by atoms with van der Waals surface area (Å²) in [5.74, 6) is -0.126. The Bertz CT molecular complexity index is 1480. The van der Waals surface area contributed by atoms with Gasteiger partial charge in [0, 0.05) is 5.39 Å². The molecule has 0 fully saturated rings. The standard InChI is InChI=1S/C26H22N4O2S/c1-17(31)22(15-18-9-3-2-4-10-18)27-24(32)16-33-26-29-20-12-6-5-11-19(20)25-28-21-13-7-8-14-23(21)30(25)26/h2-14,22H,15-16H2,1H3,(H,27,32). The molecule has 0 spiro atoms. The summed E-state index contributed by atoms with van der Waals surface area (Å²) in [6.45, 7) is 1.51. The highest BCUT2D eigenvalue weighted by atomic mass is 32.2. The highest BCUT2D eigenvalue weighted by molar-refractivity contribution is 7.99. The van der Waals surface area contributed by atoms with Gasteiger partial charge in [-0.25, -0.2) is 9.97 Å². The maximum absolute atomic E-state index is 12.8. The zero-order valence-corrected chi connectivity index (χ0v) is 18.9. The summed E-state index contributed by atoms with van der Waals surface area (Å²) in [5.41, 5.74) is 4.47. The quantitative estimate of drug-likeness (QED) is 0.291. The average molecular weight is 455 g/mol. The van der Waals surface area contributed by atoms with Crippen molar-refractivity contribution in [2.45, 2.75) is 24.5 Å². The van der Waals surface area contributed by atoms with E-state index in [2.05, 4.69) is 5.32 Å². The number of fused-ring (bicyclic) bond motifs is 5. The number of carbonyl (C=O) groups is 2. The Morgan fingerprint density at radius 2 is 1.61 bits per heavy atom. The van der Waals surface area contributed by atoms with Gasteiger partial charge in [0.25, 0.3) is 0 Å². The Hall–Kier alpha value is -3.71. The van der Waals surface area contributed by atoms with Crippen LogP contribution in [0.4, 0.5) is 0 Å². The smallest absolute Gasteiger partial charge is 0.231 e. The van der Waals surface area contributed by atoms with Gasteiger partial charge < -0.3 is 5.32 Å². The number of nitrogens with zero attached hydrogens (tertiary/aromatic N) is 3. The predicted molar refractivity (Wildman–Crippen MR) is 131 cm³/mol. The Labute approximate surface area is 195 Å². The van der Waals surface area contributed by atoms with E-state index >= 15 is 0 Å². The highest BCUT2D eigenvalue weighted by Crippen LogP contribution is 2.28. The van der Waals surface area contributed by atoms with Crippen molar-refractivity contribution >= 4 is 51.0 Å². The number of carbonyl (C=O) groups excluding carboxylic acids is 2. The van der Waals surface area contributed by atoms with Crippen molar-refractivity contribution in [3.63, 3.8) is 0 Å². The fraction of sp³-hybridized carbons (Fsp3) is 0.154. The first-order chi connectivity index (χ1) is 16.1. The van der Waals surface area contributed by atoms with Crippen LogP contribution in [0.3, 0.4) is 0 Å². The second-order valence-electron chi connectivity index (χ2n) is 7.88. The molecule has 1 atom stereocenters. The van der Waals surface area contributed by atoms with E-state index in [9.17, 15) is 9.59 Å². The summed E-state index contributed by atoms with van der Waals surface area (Å²) in [7, 11) is 0. The van der Waals surface area contributed by atoms with E-state index in [1.165, 1.54) is 18.7 Å². The molecule has 1 amide bonds. The largest absolute Gasteiger partial charge is 0.345 e. The van der Waals surface area contributed by atoms with Crippen LogP contribution in [0.25, 0.3) is 27.6 Å². The van der Waals surface area contributed by atoms with Gasteiger partial charge in [-0.2, -0.15) is 0 Å². The molecule has 0 radical (unpaired) electrons. The lowest BCUT2D eigenvalue weighted by molar-refractivity contribution is -0.125. The van der Waals surface area contributed by atoms with Crippen LogP contribution in [0.2, 0.25) is 0 Å². The Kier molecular flexibility index (Phi) is 5.79. The van der Waals surface area contributed by atoms with Crippen molar-refractivity contribution < 1.29 is 9.59 Å². The lowest BCUT2D eigenvalue weighted by atomic mass is 10.0. The van der Waals surface area contributed by atoms with Crippen molar-refractivity contribution in [1.82, 2.24) is 19.7 Å². The third kappa shape index (κ3) is 4.32. The van der Waals surface area contributed by atoms with Crippen LogP contribution >= 0.6 is 11.8 Å². The maximum atomic E-state index is 12.8. The molecule has 1 N–H and O–H groups in total. The van der Waals surface area contributed by atoms with Crippen molar-refractivity contribution in [3.8, 4) is 0 Å². The number of ketones is 1. The molecule has 6 nitrogen and oxygen atoms in total. The molecule has 3 aromatic carbocycles. The van der Waals surface area contributed by atoms with E-state index in [-0.39, 0.29) is 17.4 Å². The summed E-state index contributed by atoms with van der Waals surface area (Å²) in [5, 5.41) is 4.54. The van der Waals surface area contributed by atoms with Crippen LogP contribution in [0.1, 0.15) is 12.5 Å². The second-order valence-corrected chi connectivity index (χ2v) is 8.82. The molecule has 1 unspecified atom stereocenters. The van der Waals surface area contributed by atoms with Crippen LogP contribution in [-0.2, 0) is 16.0 Å². The summed E-state index contributed by atoms with van der Waals surface area (Å²) in [6, 6.07) is 24.9. The fourth-order valence-corrected chi connectivity index (χ4v) is 4.74. The molecule has 0 bridgehead atoms. The van der Waals surface area contributed by atoms with Gasteiger partial charge in [-0.15, -0.1) is 0 Å². The van der Waals surface area contributed by atoms with Crippen molar-refractivity contribution in [2.24, 2.45) is 0 Å². The van der Waals surface area contributed by atoms with E-state index in [0.717, 1.165) is 33.1 Å². The summed E-state index contributed by atoms with van der Waals surface area (Å²) in [4.78, 5) is 34.6. The molecular formula is C26H22N4O2S. The molecule has 5 aromatic rings. The Balaban J connectivity index is 1.41. The Morgan fingerprint density at radius 1 is 0.909 bits per heavy atom. The number of amides is 1. The summed E-state index contributed by atoms with van der Waals surface area (Å²) >= 11 is 1.34. The van der Waals surface area contributed by atoms with E-state index in [0.29, 0.717) is 11.6 Å². The zero-order chi connectivity index (χ0) is 22.8. The number of rotatable bonds is 7. The van der Waals surface area contributed by atoms with Crippen LogP contribution in [0, 0.1) is 0 Å². The lowest BCUT2D eigenvalue weighted by Crippen LogP contribution is -2.42. The predicted octanol–water partition coefficient (Wildman–Crippen LogP) is 4.44. The minimum absolute atomic E-state index is 0.0657. The van der Waals surface area contributed by atoms with Crippen molar-refractivity contribution in [1.29, 1.82) is 0 Å². The van der Waals surface area contributed by atoms with Gasteiger partial charge in [0.1, 0.15) is 5.65 Å². The summed E-state index contributed by atoms with van der Waals surface area (Å²) < 4.78 is 2.00. The first-order valence-electron chi connectivity index (χ1n) is 10.7. The lowest BCUT2D eigenvalue weighted by Gasteiger charge is -2.16. The van der Waals surface area contributed by atoms with Gasteiger partial charge >= 0.3 is 0 Å². The van der Waals surface area contributed by atoms with Gasteiger partial charge in [0.2, 0.25) is 5.91 Å². The fourth-order valence-electron chi connectivity index (χ4n) is 3.92. The molecule has 33 heavy (non-hydrogen) atoms. The molecule has 0 aliphatic rings. The topological polar surface area (TPSA) is 76.4 Å². The molecule has 7 heteroatoms. The van der Waals surface area contributed by atoms with Crippen LogP contribution < -0.4 is 5.32 Å². The number of nitrogens with one attached hydrogen (secondary N) is 1. The minimum Gasteiger partial charge on any atom is -0.345 e. The molecule has 164 valence electrons. The highest BCUT2D eigenvalue weighted by Gasteiger charge is 2.19. The molecule has 2 aromatic heterocycles. The number of imidazole rings is 1. The number of Topliss-reactive ketones (excluding diaryl/α,β-unsaturated/α-hetero) is 1. The third-order valence-corrected chi connectivity index (χ3v) is 6.49. The van der Waals surface area contributed by atoms with Gasteiger partial charge in [-0.05, 0) is 43.2 Å². The number of thioether (sulfide) groups is 1. The van der Waals surface area contributed by atoms with E-state index in [4.69, 9.17) is 9.97 Å². The molecule has 5 rings (SSSR count). The first-order valence-corrected chi connectivity index (χ1v) is 11.7. The van der Waals surface area contributed by atoms with Gasteiger partial charge in [-0.3, -0.25) is 14.0 Å². The number of hydrogen-bond acceptors (Lipinski definition) is 5. The molecule has 0 aliphatic carbocycles. The van der Waals surface area contributed by atoms with Crippen LogP contribution in [0.15, 0.2) is 84.0 Å². The number of hydrogen-bond donors (Lipinski definition) is 1. The van der Waals surface area contributed by atoms with Crippen LogP contribution in [-0.4, -0.2) is 37.9 Å². The normalized spacial score (nSPS) is 12.3. The molecule has 2 heterocycles. The monoisotopic (exact) mass is 454 g/mol. The van der Waals surface area contributed by atoms with Crippen molar-refractivity contribution in [3.05, 3.63) is 84.4 Å². The van der Waals surface area contributed by atoms with Gasteiger partial charge in [-0.1, -0.05) is 66.4 Å². The average Bonchev–Trinajstić information content (AvgIpc) is 3.23. The summed E-state index contributed by atoms with van der Waals surface area (Å²) in [6.07, 6.45) is 0.469. The van der Waals surface area contributed by atoms with Crippen LogP contribution in [0.5, 0.6) is 0 Å². The second kappa shape index (κ2) is 9.03.